The number of aromatic nitrogens is 2. The molecular weight excluding hydrogens is 390 g/mol. The number of hydrogen-bond acceptors (Lipinski definition) is 8. The second-order valence-electron chi connectivity index (χ2n) is 7.35. The van der Waals surface area contributed by atoms with Gasteiger partial charge in [-0.2, -0.15) is 10.2 Å². The van der Waals surface area contributed by atoms with Gasteiger partial charge in [0.1, 0.15) is 17.2 Å². The minimum atomic E-state index is -0.537. The number of carbonyl (C=O) groups is 1. The van der Waals surface area contributed by atoms with Crippen LogP contribution in [0.3, 0.4) is 0 Å². The van der Waals surface area contributed by atoms with E-state index >= 15 is 0 Å². The Kier molecular flexibility index (Phi) is 6.38. The molecule has 0 aliphatic rings. The van der Waals surface area contributed by atoms with Crippen LogP contribution >= 0.6 is 11.3 Å². The van der Waals surface area contributed by atoms with Crippen molar-refractivity contribution in [3.63, 3.8) is 0 Å². The predicted molar refractivity (Wildman–Crippen MR) is 110 cm³/mol. The number of carbonyl (C=O) groups excluding carboxylic acids is 1. The highest BCUT2D eigenvalue weighted by molar-refractivity contribution is 7.09. The Morgan fingerprint density at radius 1 is 1.31 bits per heavy atom. The van der Waals surface area contributed by atoms with E-state index in [9.17, 15) is 4.79 Å². The van der Waals surface area contributed by atoms with Crippen LogP contribution < -0.4 is 5.32 Å². The number of amides is 1. The number of nitrogens with zero attached hydrogens (tertiary/aromatic N) is 4. The van der Waals surface area contributed by atoms with Crippen molar-refractivity contribution in [3.05, 3.63) is 52.9 Å². The molecule has 1 atom stereocenters. The predicted octanol–water partition coefficient (Wildman–Crippen LogP) is 5.67. The Hall–Kier alpha value is -3.07. The quantitative estimate of drug-likeness (QED) is 0.525. The zero-order valence-corrected chi connectivity index (χ0v) is 17.6. The number of thiazole rings is 1. The summed E-state index contributed by atoms with van der Waals surface area (Å²) in [5.41, 5.74) is 1.90. The maximum atomic E-state index is 11.9. The van der Waals surface area contributed by atoms with E-state index in [1.54, 1.807) is 6.20 Å². The van der Waals surface area contributed by atoms with Gasteiger partial charge in [-0.15, -0.1) is 11.3 Å². The summed E-state index contributed by atoms with van der Waals surface area (Å²) in [5, 5.41) is 13.9. The molecule has 0 aliphatic heterocycles. The molecule has 2 heterocycles. The topological polar surface area (TPSA) is 102 Å². The number of oxazole rings is 1. The van der Waals surface area contributed by atoms with Gasteiger partial charge in [0.25, 0.3) is 0 Å². The van der Waals surface area contributed by atoms with Crippen LogP contribution in [0, 0.1) is 0 Å². The SMILES string of the molecule is CC(NC(=O)OC(C)(C)C)c1csc(CN=Nc2ccc(-c3cnco3)cc2)n1. The Balaban J connectivity index is 1.53. The molecule has 1 unspecified atom stereocenters. The highest BCUT2D eigenvalue weighted by Crippen LogP contribution is 2.23. The normalized spacial score (nSPS) is 12.8. The molecule has 2 aromatic heterocycles. The van der Waals surface area contributed by atoms with E-state index < -0.39 is 11.7 Å². The summed E-state index contributed by atoms with van der Waals surface area (Å²) in [6, 6.07) is 7.28. The van der Waals surface area contributed by atoms with Crippen molar-refractivity contribution in [1.82, 2.24) is 15.3 Å². The molecular formula is C20H23N5O3S. The Bertz CT molecular complexity index is 959. The molecule has 0 radical (unpaired) electrons. The van der Waals surface area contributed by atoms with Crippen LogP contribution in [0.4, 0.5) is 10.5 Å². The van der Waals surface area contributed by atoms with Crippen LogP contribution in [0.2, 0.25) is 0 Å². The van der Waals surface area contributed by atoms with E-state index in [1.807, 2.05) is 57.3 Å². The van der Waals surface area contributed by atoms with E-state index in [0.29, 0.717) is 12.3 Å². The summed E-state index contributed by atoms with van der Waals surface area (Å²) in [5.74, 6) is 0.706. The lowest BCUT2D eigenvalue weighted by Crippen LogP contribution is -2.34. The number of azo groups is 1. The highest BCUT2D eigenvalue weighted by Gasteiger charge is 2.19. The van der Waals surface area contributed by atoms with Gasteiger partial charge in [0.2, 0.25) is 0 Å². The second kappa shape index (κ2) is 8.95. The lowest BCUT2D eigenvalue weighted by molar-refractivity contribution is 0.0507. The largest absolute Gasteiger partial charge is 0.444 e. The van der Waals surface area contributed by atoms with Gasteiger partial charge in [0.05, 0.1) is 23.6 Å². The van der Waals surface area contributed by atoms with Gasteiger partial charge in [0.15, 0.2) is 12.2 Å². The van der Waals surface area contributed by atoms with E-state index in [0.717, 1.165) is 22.0 Å². The molecule has 1 amide bonds. The van der Waals surface area contributed by atoms with Gasteiger partial charge in [-0.05, 0) is 52.0 Å². The highest BCUT2D eigenvalue weighted by atomic mass is 32.1. The van der Waals surface area contributed by atoms with E-state index in [2.05, 4.69) is 25.5 Å². The molecule has 152 valence electrons. The van der Waals surface area contributed by atoms with Gasteiger partial charge in [-0.3, -0.25) is 0 Å². The molecule has 3 rings (SSSR count). The minimum Gasteiger partial charge on any atom is -0.444 e. The fraction of sp³-hybridized carbons (Fsp3) is 0.350. The van der Waals surface area contributed by atoms with Crippen LogP contribution in [0.5, 0.6) is 0 Å². The summed E-state index contributed by atoms with van der Waals surface area (Å²) in [6.45, 7) is 7.70. The molecule has 8 nitrogen and oxygen atoms in total. The van der Waals surface area contributed by atoms with Crippen molar-refractivity contribution in [2.45, 2.75) is 45.9 Å². The smallest absolute Gasteiger partial charge is 0.408 e. The molecule has 0 fully saturated rings. The second-order valence-corrected chi connectivity index (χ2v) is 8.29. The van der Waals surface area contributed by atoms with Crippen LogP contribution in [0.1, 0.15) is 44.4 Å². The standard InChI is InChI=1S/C20H23N5O3S/c1-13(23-19(26)28-20(2,3)4)16-11-29-18(24-16)10-22-25-15-7-5-14(6-8-15)17-9-21-12-27-17/h5-9,11-13H,10H2,1-4H3,(H,23,26). The Morgan fingerprint density at radius 3 is 2.72 bits per heavy atom. The third-order valence-electron chi connectivity index (χ3n) is 3.72. The lowest BCUT2D eigenvalue weighted by atomic mass is 10.2. The molecule has 0 spiro atoms. The maximum Gasteiger partial charge on any atom is 0.408 e. The Morgan fingerprint density at radius 2 is 2.07 bits per heavy atom. The van der Waals surface area contributed by atoms with Gasteiger partial charge < -0.3 is 14.5 Å². The number of hydrogen-bond donors (Lipinski definition) is 1. The van der Waals surface area contributed by atoms with Gasteiger partial charge in [0, 0.05) is 10.9 Å². The summed E-state index contributed by atoms with van der Waals surface area (Å²) < 4.78 is 10.5. The van der Waals surface area contributed by atoms with E-state index in [4.69, 9.17) is 9.15 Å². The molecule has 0 aliphatic carbocycles. The lowest BCUT2D eigenvalue weighted by Gasteiger charge is -2.21. The molecule has 0 bridgehead atoms. The van der Waals surface area contributed by atoms with Gasteiger partial charge in [-0.1, -0.05) is 0 Å². The van der Waals surface area contributed by atoms with Crippen molar-refractivity contribution in [3.8, 4) is 11.3 Å². The molecule has 3 aromatic rings. The fourth-order valence-corrected chi connectivity index (χ4v) is 3.19. The first-order valence-corrected chi connectivity index (χ1v) is 9.98. The van der Waals surface area contributed by atoms with Crippen molar-refractivity contribution in [2.75, 3.05) is 0 Å². The van der Waals surface area contributed by atoms with Gasteiger partial charge >= 0.3 is 6.09 Å². The first-order chi connectivity index (χ1) is 13.8. The van der Waals surface area contributed by atoms with Gasteiger partial charge in [-0.25, -0.2) is 14.8 Å². The average Bonchev–Trinajstić information content (AvgIpc) is 3.33. The molecule has 1 N–H and O–H groups in total. The first-order valence-electron chi connectivity index (χ1n) is 9.10. The van der Waals surface area contributed by atoms with E-state index in [1.165, 1.54) is 17.7 Å². The summed E-state index contributed by atoms with van der Waals surface area (Å²) in [4.78, 5) is 20.3. The van der Waals surface area contributed by atoms with Crippen molar-refractivity contribution < 1.29 is 13.9 Å². The molecule has 0 saturated heterocycles. The number of ether oxygens (including phenoxy) is 1. The summed E-state index contributed by atoms with van der Waals surface area (Å²) in [7, 11) is 0. The van der Waals surface area contributed by atoms with Crippen LogP contribution in [0.25, 0.3) is 11.3 Å². The van der Waals surface area contributed by atoms with E-state index in [-0.39, 0.29) is 6.04 Å². The fourth-order valence-electron chi connectivity index (χ4n) is 2.38. The first kappa shape index (κ1) is 20.7. The number of benzene rings is 1. The molecule has 29 heavy (non-hydrogen) atoms. The third-order valence-corrected chi connectivity index (χ3v) is 4.57. The summed E-state index contributed by atoms with van der Waals surface area (Å²) >= 11 is 1.48. The third kappa shape index (κ3) is 6.21. The molecule has 0 saturated carbocycles. The van der Waals surface area contributed by atoms with Crippen LogP contribution in [-0.2, 0) is 11.3 Å². The maximum absolute atomic E-state index is 11.9. The van der Waals surface area contributed by atoms with Crippen molar-refractivity contribution >= 4 is 23.1 Å². The summed E-state index contributed by atoms with van der Waals surface area (Å²) in [6.07, 6.45) is 2.60. The zero-order valence-electron chi connectivity index (χ0n) is 16.7. The van der Waals surface area contributed by atoms with Crippen molar-refractivity contribution in [2.24, 2.45) is 10.2 Å². The number of alkyl carbamates (subject to hydrolysis) is 1. The number of nitrogens with one attached hydrogen (secondary N) is 1. The monoisotopic (exact) mass is 413 g/mol. The van der Waals surface area contributed by atoms with Crippen LogP contribution in [0.15, 0.2) is 56.9 Å². The Labute approximate surface area is 173 Å². The number of rotatable bonds is 6. The zero-order chi connectivity index (χ0) is 20.9. The molecule has 1 aromatic carbocycles. The van der Waals surface area contributed by atoms with Crippen LogP contribution in [-0.4, -0.2) is 21.7 Å². The molecule has 9 heteroatoms. The minimum absolute atomic E-state index is 0.254. The van der Waals surface area contributed by atoms with Crippen molar-refractivity contribution in [1.29, 1.82) is 0 Å². The average molecular weight is 414 g/mol.